The Kier molecular flexibility index (Phi) is 4.58. The SMILES string of the molecule is COCCOC1C(O)CC1Oc1ccc(C)cc1. The fourth-order valence-electron chi connectivity index (χ4n) is 1.95. The molecule has 1 aromatic rings. The standard InChI is InChI=1S/C14H20O4/c1-10-3-5-11(6-4-10)18-13-9-12(15)14(13)17-8-7-16-2/h3-6,12-15H,7-9H2,1-2H3. The molecule has 1 aliphatic rings. The summed E-state index contributed by atoms with van der Waals surface area (Å²) >= 11 is 0. The molecule has 100 valence electrons. The Bertz CT molecular complexity index is 363. The molecule has 2 rings (SSSR count). The zero-order valence-electron chi connectivity index (χ0n) is 10.8. The maximum Gasteiger partial charge on any atom is 0.130 e. The predicted octanol–water partition coefficient (Wildman–Crippen LogP) is 1.54. The molecule has 0 aromatic heterocycles. The lowest BCUT2D eigenvalue weighted by atomic mass is 9.88. The van der Waals surface area contributed by atoms with Crippen LogP contribution in [0.4, 0.5) is 0 Å². The minimum Gasteiger partial charge on any atom is -0.488 e. The van der Waals surface area contributed by atoms with Crippen LogP contribution in [0.25, 0.3) is 0 Å². The van der Waals surface area contributed by atoms with Crippen LogP contribution in [0.5, 0.6) is 5.75 Å². The van der Waals surface area contributed by atoms with E-state index >= 15 is 0 Å². The molecule has 18 heavy (non-hydrogen) atoms. The van der Waals surface area contributed by atoms with Crippen LogP contribution in [0.1, 0.15) is 12.0 Å². The van der Waals surface area contributed by atoms with Crippen molar-refractivity contribution < 1.29 is 19.3 Å². The molecule has 4 nitrogen and oxygen atoms in total. The lowest BCUT2D eigenvalue weighted by Gasteiger charge is -2.40. The Labute approximate surface area is 107 Å². The first-order valence-corrected chi connectivity index (χ1v) is 6.22. The summed E-state index contributed by atoms with van der Waals surface area (Å²) in [5.41, 5.74) is 1.20. The molecule has 3 unspecified atom stereocenters. The zero-order chi connectivity index (χ0) is 13.0. The van der Waals surface area contributed by atoms with Crippen LogP contribution in [0.3, 0.4) is 0 Å². The van der Waals surface area contributed by atoms with Crippen molar-refractivity contribution in [2.45, 2.75) is 31.7 Å². The third-order valence-corrected chi connectivity index (χ3v) is 3.13. The van der Waals surface area contributed by atoms with Crippen molar-refractivity contribution in [3.8, 4) is 5.75 Å². The molecule has 3 atom stereocenters. The Morgan fingerprint density at radius 2 is 1.94 bits per heavy atom. The Morgan fingerprint density at radius 3 is 2.56 bits per heavy atom. The van der Waals surface area contributed by atoms with Crippen LogP contribution in [0.15, 0.2) is 24.3 Å². The lowest BCUT2D eigenvalue weighted by Crippen LogP contribution is -2.55. The molecule has 1 fully saturated rings. The molecule has 0 amide bonds. The van der Waals surface area contributed by atoms with Crippen molar-refractivity contribution >= 4 is 0 Å². The smallest absolute Gasteiger partial charge is 0.130 e. The number of aliphatic hydroxyl groups excluding tert-OH is 1. The van der Waals surface area contributed by atoms with Crippen LogP contribution >= 0.6 is 0 Å². The van der Waals surface area contributed by atoms with E-state index in [4.69, 9.17) is 14.2 Å². The number of aryl methyl sites for hydroxylation is 1. The lowest BCUT2D eigenvalue weighted by molar-refractivity contribution is -0.167. The average molecular weight is 252 g/mol. The molecule has 0 heterocycles. The van der Waals surface area contributed by atoms with Gasteiger partial charge in [0.1, 0.15) is 18.0 Å². The highest BCUT2D eigenvalue weighted by Crippen LogP contribution is 2.29. The minimum atomic E-state index is -0.433. The summed E-state index contributed by atoms with van der Waals surface area (Å²) in [5, 5.41) is 9.65. The number of hydrogen-bond donors (Lipinski definition) is 1. The fourth-order valence-corrected chi connectivity index (χ4v) is 1.95. The van der Waals surface area contributed by atoms with Gasteiger partial charge in [-0.05, 0) is 19.1 Å². The monoisotopic (exact) mass is 252 g/mol. The number of rotatable bonds is 6. The van der Waals surface area contributed by atoms with Gasteiger partial charge in [-0.25, -0.2) is 0 Å². The highest BCUT2D eigenvalue weighted by molar-refractivity contribution is 5.27. The van der Waals surface area contributed by atoms with E-state index in [-0.39, 0.29) is 12.2 Å². The van der Waals surface area contributed by atoms with Gasteiger partial charge in [-0.15, -0.1) is 0 Å². The maximum absolute atomic E-state index is 9.65. The molecule has 1 aromatic carbocycles. The Balaban J connectivity index is 1.83. The second-order valence-corrected chi connectivity index (χ2v) is 4.60. The molecule has 0 aliphatic heterocycles. The molecule has 0 saturated heterocycles. The summed E-state index contributed by atoms with van der Waals surface area (Å²) in [6.45, 7) is 3.04. The molecule has 0 spiro atoms. The first-order chi connectivity index (χ1) is 8.70. The van der Waals surface area contributed by atoms with Crippen LogP contribution in [-0.2, 0) is 9.47 Å². The minimum absolute atomic E-state index is 0.0698. The van der Waals surface area contributed by atoms with Crippen LogP contribution in [-0.4, -0.2) is 43.7 Å². The van der Waals surface area contributed by atoms with Gasteiger partial charge in [-0.2, -0.15) is 0 Å². The van der Waals surface area contributed by atoms with E-state index < -0.39 is 6.10 Å². The van der Waals surface area contributed by atoms with Gasteiger partial charge < -0.3 is 19.3 Å². The normalized spacial score (nSPS) is 26.7. The molecule has 0 bridgehead atoms. The third-order valence-electron chi connectivity index (χ3n) is 3.13. The molecule has 4 heteroatoms. The van der Waals surface area contributed by atoms with Crippen molar-refractivity contribution in [3.05, 3.63) is 29.8 Å². The van der Waals surface area contributed by atoms with Gasteiger partial charge >= 0.3 is 0 Å². The summed E-state index contributed by atoms with van der Waals surface area (Å²) in [5.74, 6) is 0.817. The van der Waals surface area contributed by atoms with E-state index in [1.54, 1.807) is 7.11 Å². The molecule has 1 aliphatic carbocycles. The maximum atomic E-state index is 9.65. The van der Waals surface area contributed by atoms with Crippen LogP contribution < -0.4 is 4.74 Å². The van der Waals surface area contributed by atoms with Gasteiger partial charge in [0.25, 0.3) is 0 Å². The van der Waals surface area contributed by atoms with Gasteiger partial charge in [0, 0.05) is 13.5 Å². The van der Waals surface area contributed by atoms with Crippen molar-refractivity contribution in [2.75, 3.05) is 20.3 Å². The molecular formula is C14H20O4. The molecule has 1 N–H and O–H groups in total. The van der Waals surface area contributed by atoms with E-state index in [0.717, 1.165) is 5.75 Å². The first kappa shape index (κ1) is 13.3. The van der Waals surface area contributed by atoms with E-state index in [0.29, 0.717) is 19.6 Å². The van der Waals surface area contributed by atoms with Gasteiger partial charge in [-0.1, -0.05) is 17.7 Å². The second-order valence-electron chi connectivity index (χ2n) is 4.60. The average Bonchev–Trinajstić information content (AvgIpc) is 2.36. The Morgan fingerprint density at radius 1 is 1.22 bits per heavy atom. The number of hydrogen-bond acceptors (Lipinski definition) is 4. The number of benzene rings is 1. The fraction of sp³-hybridized carbons (Fsp3) is 0.571. The van der Waals surface area contributed by atoms with Crippen LogP contribution in [0, 0.1) is 6.92 Å². The molecule has 0 radical (unpaired) electrons. The van der Waals surface area contributed by atoms with Crippen molar-refractivity contribution in [1.82, 2.24) is 0 Å². The summed E-state index contributed by atoms with van der Waals surface area (Å²) in [6.07, 6.45) is -0.135. The highest BCUT2D eigenvalue weighted by atomic mass is 16.6. The van der Waals surface area contributed by atoms with E-state index in [1.165, 1.54) is 5.56 Å². The van der Waals surface area contributed by atoms with E-state index in [1.807, 2.05) is 31.2 Å². The molecular weight excluding hydrogens is 232 g/mol. The topological polar surface area (TPSA) is 47.9 Å². The summed E-state index contributed by atoms with van der Waals surface area (Å²) in [7, 11) is 1.63. The van der Waals surface area contributed by atoms with Crippen LogP contribution in [0.2, 0.25) is 0 Å². The molecule has 1 saturated carbocycles. The largest absolute Gasteiger partial charge is 0.488 e. The van der Waals surface area contributed by atoms with Gasteiger partial charge in [0.15, 0.2) is 0 Å². The summed E-state index contributed by atoms with van der Waals surface area (Å²) < 4.78 is 16.2. The zero-order valence-corrected chi connectivity index (χ0v) is 10.8. The van der Waals surface area contributed by atoms with Crippen molar-refractivity contribution in [1.29, 1.82) is 0 Å². The van der Waals surface area contributed by atoms with E-state index in [2.05, 4.69) is 0 Å². The summed E-state index contributed by atoms with van der Waals surface area (Å²) in [6, 6.07) is 7.88. The number of ether oxygens (including phenoxy) is 3. The predicted molar refractivity (Wildman–Crippen MR) is 67.8 cm³/mol. The highest BCUT2D eigenvalue weighted by Gasteiger charge is 2.42. The Hall–Kier alpha value is -1.10. The van der Waals surface area contributed by atoms with E-state index in [9.17, 15) is 5.11 Å². The summed E-state index contributed by atoms with van der Waals surface area (Å²) in [4.78, 5) is 0. The van der Waals surface area contributed by atoms with Gasteiger partial charge in [0.05, 0.1) is 19.3 Å². The number of methoxy groups -OCH3 is 1. The van der Waals surface area contributed by atoms with Gasteiger partial charge in [-0.3, -0.25) is 0 Å². The third kappa shape index (κ3) is 3.22. The number of aliphatic hydroxyl groups is 1. The quantitative estimate of drug-likeness (QED) is 0.780. The van der Waals surface area contributed by atoms with Crippen molar-refractivity contribution in [3.63, 3.8) is 0 Å². The van der Waals surface area contributed by atoms with Gasteiger partial charge in [0.2, 0.25) is 0 Å². The van der Waals surface area contributed by atoms with Crippen molar-refractivity contribution in [2.24, 2.45) is 0 Å². The second kappa shape index (κ2) is 6.18. The first-order valence-electron chi connectivity index (χ1n) is 6.22.